The minimum absolute atomic E-state index is 0.101. The standard InChI is InChI=1S/C27H25BrN2O2/c1-15-9-11-18(13-16(15)2)29-27(32)22-8-4-7-20-19-5-3-6-21(19)26(30-25(20)22)23-14-17(28)10-12-24(23)31/h3-5,7-14,19,21,26,30-31H,6H2,1-2H3,(H,29,32). The van der Waals surface area contributed by atoms with Gasteiger partial charge in [-0.2, -0.15) is 0 Å². The molecule has 3 unspecified atom stereocenters. The van der Waals surface area contributed by atoms with E-state index in [1.807, 2.05) is 49.4 Å². The van der Waals surface area contributed by atoms with Gasteiger partial charge in [0.05, 0.1) is 17.3 Å². The van der Waals surface area contributed by atoms with Gasteiger partial charge in [-0.05, 0) is 79.3 Å². The van der Waals surface area contributed by atoms with Gasteiger partial charge in [-0.25, -0.2) is 0 Å². The van der Waals surface area contributed by atoms with E-state index in [0.29, 0.717) is 5.56 Å². The van der Waals surface area contributed by atoms with Crippen LogP contribution in [0.5, 0.6) is 5.75 Å². The largest absolute Gasteiger partial charge is 0.508 e. The predicted molar refractivity (Wildman–Crippen MR) is 132 cm³/mol. The second kappa shape index (κ2) is 8.14. The van der Waals surface area contributed by atoms with E-state index in [-0.39, 0.29) is 29.5 Å². The Morgan fingerprint density at radius 3 is 2.72 bits per heavy atom. The lowest BCUT2D eigenvalue weighted by Gasteiger charge is -2.38. The molecule has 5 heteroatoms. The lowest BCUT2D eigenvalue weighted by Crippen LogP contribution is -2.31. The van der Waals surface area contributed by atoms with Crippen LogP contribution in [-0.2, 0) is 0 Å². The fourth-order valence-corrected chi connectivity index (χ4v) is 5.29. The summed E-state index contributed by atoms with van der Waals surface area (Å²) in [5, 5.41) is 17.3. The number of allylic oxidation sites excluding steroid dienone is 2. The van der Waals surface area contributed by atoms with Crippen LogP contribution in [0, 0.1) is 19.8 Å². The highest BCUT2D eigenvalue weighted by Crippen LogP contribution is 2.52. The highest BCUT2D eigenvalue weighted by atomic mass is 79.9. The Balaban J connectivity index is 1.54. The highest BCUT2D eigenvalue weighted by molar-refractivity contribution is 9.10. The Morgan fingerprint density at radius 1 is 1.06 bits per heavy atom. The van der Waals surface area contributed by atoms with Crippen LogP contribution in [0.15, 0.2) is 71.2 Å². The normalized spacial score (nSPS) is 20.9. The SMILES string of the molecule is Cc1ccc(NC(=O)c2cccc3c2NC(c2cc(Br)ccc2O)C2CC=CC32)cc1C. The molecule has 3 atom stereocenters. The van der Waals surface area contributed by atoms with Crippen LogP contribution in [0.1, 0.15) is 51.0 Å². The van der Waals surface area contributed by atoms with E-state index in [0.717, 1.165) is 39.0 Å². The van der Waals surface area contributed by atoms with Crippen LogP contribution in [-0.4, -0.2) is 11.0 Å². The number of aromatic hydroxyl groups is 1. The van der Waals surface area contributed by atoms with Gasteiger partial charge in [0.25, 0.3) is 5.91 Å². The molecule has 2 aliphatic rings. The number of carbonyl (C=O) groups is 1. The molecule has 0 saturated carbocycles. The molecule has 5 rings (SSSR count). The average molecular weight is 489 g/mol. The average Bonchev–Trinajstić information content (AvgIpc) is 3.27. The maximum Gasteiger partial charge on any atom is 0.257 e. The van der Waals surface area contributed by atoms with Crippen molar-refractivity contribution in [3.8, 4) is 5.75 Å². The summed E-state index contributed by atoms with van der Waals surface area (Å²) in [6.45, 7) is 4.10. The maximum absolute atomic E-state index is 13.3. The molecular weight excluding hydrogens is 464 g/mol. The van der Waals surface area contributed by atoms with Crippen LogP contribution in [0.25, 0.3) is 0 Å². The van der Waals surface area contributed by atoms with Gasteiger partial charge in [0.2, 0.25) is 0 Å². The molecule has 1 amide bonds. The van der Waals surface area contributed by atoms with E-state index >= 15 is 0 Å². The second-order valence-electron chi connectivity index (χ2n) is 8.70. The zero-order chi connectivity index (χ0) is 22.4. The highest BCUT2D eigenvalue weighted by Gasteiger charge is 2.40. The number of halogens is 1. The summed E-state index contributed by atoms with van der Waals surface area (Å²) in [6, 6.07) is 17.3. The van der Waals surface area contributed by atoms with Crippen LogP contribution < -0.4 is 10.6 Å². The molecule has 3 aromatic carbocycles. The quantitative estimate of drug-likeness (QED) is 0.353. The Bertz CT molecular complexity index is 1250. The fraction of sp³-hybridized carbons (Fsp3) is 0.222. The molecule has 1 aliphatic carbocycles. The Kier molecular flexibility index (Phi) is 5.30. The topological polar surface area (TPSA) is 61.4 Å². The number of hydrogen-bond donors (Lipinski definition) is 3. The van der Waals surface area contributed by atoms with Gasteiger partial charge in [-0.1, -0.05) is 46.3 Å². The van der Waals surface area contributed by atoms with Crippen molar-refractivity contribution in [3.63, 3.8) is 0 Å². The third kappa shape index (κ3) is 3.61. The van der Waals surface area contributed by atoms with Crippen molar-refractivity contribution in [2.24, 2.45) is 5.92 Å². The van der Waals surface area contributed by atoms with Gasteiger partial charge < -0.3 is 15.7 Å². The number of phenols is 1. The number of nitrogens with one attached hydrogen (secondary N) is 2. The maximum atomic E-state index is 13.3. The molecule has 0 bridgehead atoms. The third-order valence-electron chi connectivity index (χ3n) is 6.73. The van der Waals surface area contributed by atoms with Gasteiger partial charge in [0, 0.05) is 21.6 Å². The van der Waals surface area contributed by atoms with Crippen LogP contribution in [0.2, 0.25) is 0 Å². The van der Waals surface area contributed by atoms with Crippen molar-refractivity contribution in [1.29, 1.82) is 0 Å². The van der Waals surface area contributed by atoms with Crippen LogP contribution in [0.3, 0.4) is 0 Å². The fourth-order valence-electron chi connectivity index (χ4n) is 4.91. The number of rotatable bonds is 3. The van der Waals surface area contributed by atoms with Gasteiger partial charge >= 0.3 is 0 Å². The summed E-state index contributed by atoms with van der Waals surface area (Å²) in [5.41, 5.74) is 6.53. The van der Waals surface area contributed by atoms with Crippen molar-refractivity contribution in [2.45, 2.75) is 32.2 Å². The lowest BCUT2D eigenvalue weighted by atomic mass is 9.76. The van der Waals surface area contributed by atoms with E-state index in [9.17, 15) is 9.90 Å². The first-order valence-corrected chi connectivity index (χ1v) is 11.6. The molecule has 4 nitrogen and oxygen atoms in total. The number of benzene rings is 3. The Hall–Kier alpha value is -3.05. The number of para-hydroxylation sites is 1. The Morgan fingerprint density at radius 2 is 1.91 bits per heavy atom. The van der Waals surface area contributed by atoms with Crippen molar-refractivity contribution in [3.05, 3.63) is 99.0 Å². The lowest BCUT2D eigenvalue weighted by molar-refractivity contribution is 0.102. The molecule has 0 aromatic heterocycles. The van der Waals surface area contributed by atoms with Gasteiger partial charge in [-0.15, -0.1) is 0 Å². The predicted octanol–water partition coefficient (Wildman–Crippen LogP) is 6.85. The zero-order valence-electron chi connectivity index (χ0n) is 18.0. The van der Waals surface area contributed by atoms with Crippen molar-refractivity contribution < 1.29 is 9.90 Å². The number of hydrogen-bond acceptors (Lipinski definition) is 3. The van der Waals surface area contributed by atoms with Crippen molar-refractivity contribution >= 4 is 33.2 Å². The summed E-state index contributed by atoms with van der Waals surface area (Å²) in [7, 11) is 0. The van der Waals surface area contributed by atoms with E-state index in [4.69, 9.17) is 0 Å². The molecule has 0 radical (unpaired) electrons. The smallest absolute Gasteiger partial charge is 0.257 e. The molecule has 0 spiro atoms. The van der Waals surface area contributed by atoms with E-state index in [1.54, 1.807) is 6.07 Å². The first-order valence-electron chi connectivity index (χ1n) is 10.9. The first-order chi connectivity index (χ1) is 15.4. The van der Waals surface area contributed by atoms with Gasteiger partial charge in [0.15, 0.2) is 0 Å². The number of carbonyl (C=O) groups excluding carboxylic acids is 1. The molecule has 32 heavy (non-hydrogen) atoms. The van der Waals surface area contributed by atoms with Crippen molar-refractivity contribution in [2.75, 3.05) is 10.6 Å². The number of aryl methyl sites for hydroxylation is 2. The first kappa shape index (κ1) is 20.8. The monoisotopic (exact) mass is 488 g/mol. The number of fused-ring (bicyclic) bond motifs is 3. The molecular formula is C27H25BrN2O2. The molecule has 3 aromatic rings. The summed E-state index contributed by atoms with van der Waals surface area (Å²) in [6.07, 6.45) is 5.36. The Labute approximate surface area is 196 Å². The number of anilines is 2. The van der Waals surface area contributed by atoms with E-state index < -0.39 is 0 Å². The minimum atomic E-state index is -0.143. The van der Waals surface area contributed by atoms with Gasteiger partial charge in [0.1, 0.15) is 5.75 Å². The summed E-state index contributed by atoms with van der Waals surface area (Å²) >= 11 is 3.53. The molecule has 1 heterocycles. The molecule has 0 saturated heterocycles. The van der Waals surface area contributed by atoms with Gasteiger partial charge in [-0.3, -0.25) is 4.79 Å². The van der Waals surface area contributed by atoms with Crippen LogP contribution in [0.4, 0.5) is 11.4 Å². The third-order valence-corrected chi connectivity index (χ3v) is 7.22. The molecule has 3 N–H and O–H groups in total. The number of phenolic OH excluding ortho intramolecular Hbond substituents is 1. The van der Waals surface area contributed by atoms with E-state index in [1.165, 1.54) is 5.56 Å². The summed E-state index contributed by atoms with van der Waals surface area (Å²) in [5.74, 6) is 0.594. The van der Waals surface area contributed by atoms with E-state index in [2.05, 4.69) is 51.7 Å². The summed E-state index contributed by atoms with van der Waals surface area (Å²) in [4.78, 5) is 13.3. The summed E-state index contributed by atoms with van der Waals surface area (Å²) < 4.78 is 0.918. The van der Waals surface area contributed by atoms with Crippen LogP contribution >= 0.6 is 15.9 Å². The zero-order valence-corrected chi connectivity index (χ0v) is 19.6. The number of amides is 1. The molecule has 1 aliphatic heterocycles. The molecule has 162 valence electrons. The minimum Gasteiger partial charge on any atom is -0.508 e. The molecule has 0 fully saturated rings. The second-order valence-corrected chi connectivity index (χ2v) is 9.62. The van der Waals surface area contributed by atoms with Crippen molar-refractivity contribution in [1.82, 2.24) is 0 Å².